The molecule has 2 aliphatic carbocycles. The Morgan fingerprint density at radius 1 is 1.26 bits per heavy atom. The minimum absolute atomic E-state index is 0.772. The molecular weight excluding hydrogens is 234 g/mol. The van der Waals surface area contributed by atoms with Crippen LogP contribution in [-0.2, 0) is 13.1 Å². The molecule has 2 saturated carbocycles. The van der Waals surface area contributed by atoms with E-state index < -0.39 is 0 Å². The molecule has 1 aromatic rings. The average Bonchev–Trinajstić information content (AvgIpc) is 3.17. The standard InChI is InChI=1S/C16H25N3/c1-19(11-13-3-2-4-13)12-16-6-5-14(10-18-16)9-17-15-7-8-15/h5-6,10,13,15,17H,2-4,7-9,11-12H2,1H3. The highest BCUT2D eigenvalue weighted by Crippen LogP contribution is 2.27. The molecule has 0 unspecified atom stereocenters. The Kier molecular flexibility index (Phi) is 4.14. The first-order valence-corrected chi connectivity index (χ1v) is 7.65. The van der Waals surface area contributed by atoms with Crippen molar-refractivity contribution < 1.29 is 0 Å². The van der Waals surface area contributed by atoms with Gasteiger partial charge in [-0.1, -0.05) is 12.5 Å². The summed E-state index contributed by atoms with van der Waals surface area (Å²) in [7, 11) is 2.21. The predicted molar refractivity (Wildman–Crippen MR) is 77.8 cm³/mol. The van der Waals surface area contributed by atoms with Crippen LogP contribution in [0.1, 0.15) is 43.4 Å². The first kappa shape index (κ1) is 13.1. The molecule has 3 heteroatoms. The first-order valence-electron chi connectivity index (χ1n) is 7.65. The second-order valence-corrected chi connectivity index (χ2v) is 6.31. The van der Waals surface area contributed by atoms with Gasteiger partial charge in [-0.2, -0.15) is 0 Å². The van der Waals surface area contributed by atoms with Crippen molar-refractivity contribution in [1.82, 2.24) is 15.2 Å². The number of pyridine rings is 1. The fraction of sp³-hybridized carbons (Fsp3) is 0.688. The fourth-order valence-corrected chi connectivity index (χ4v) is 2.66. The molecule has 0 amide bonds. The number of aromatic nitrogens is 1. The van der Waals surface area contributed by atoms with Crippen molar-refractivity contribution in [1.29, 1.82) is 0 Å². The molecule has 0 radical (unpaired) electrons. The van der Waals surface area contributed by atoms with Crippen molar-refractivity contribution in [3.05, 3.63) is 29.6 Å². The van der Waals surface area contributed by atoms with Crippen LogP contribution in [0.4, 0.5) is 0 Å². The largest absolute Gasteiger partial charge is 0.310 e. The van der Waals surface area contributed by atoms with E-state index in [9.17, 15) is 0 Å². The van der Waals surface area contributed by atoms with Gasteiger partial charge in [0.15, 0.2) is 0 Å². The van der Waals surface area contributed by atoms with Gasteiger partial charge >= 0.3 is 0 Å². The molecule has 1 N–H and O–H groups in total. The maximum absolute atomic E-state index is 4.59. The maximum Gasteiger partial charge on any atom is 0.0544 e. The average molecular weight is 259 g/mol. The molecule has 1 heterocycles. The van der Waals surface area contributed by atoms with Gasteiger partial charge in [0.1, 0.15) is 0 Å². The van der Waals surface area contributed by atoms with Gasteiger partial charge in [-0.15, -0.1) is 0 Å². The van der Waals surface area contributed by atoms with Gasteiger partial charge in [0.05, 0.1) is 5.69 Å². The van der Waals surface area contributed by atoms with Crippen molar-refractivity contribution in [2.45, 2.75) is 51.2 Å². The van der Waals surface area contributed by atoms with E-state index in [1.807, 2.05) is 6.20 Å². The zero-order chi connectivity index (χ0) is 13.1. The van der Waals surface area contributed by atoms with E-state index in [-0.39, 0.29) is 0 Å². The second-order valence-electron chi connectivity index (χ2n) is 6.31. The van der Waals surface area contributed by atoms with Crippen LogP contribution in [0.5, 0.6) is 0 Å². The van der Waals surface area contributed by atoms with Gasteiger partial charge in [0.2, 0.25) is 0 Å². The third-order valence-corrected chi connectivity index (χ3v) is 4.28. The summed E-state index contributed by atoms with van der Waals surface area (Å²) in [5.41, 5.74) is 2.49. The number of rotatable bonds is 7. The molecule has 104 valence electrons. The lowest BCUT2D eigenvalue weighted by Gasteiger charge is -2.29. The molecule has 0 bridgehead atoms. The molecule has 0 atom stereocenters. The van der Waals surface area contributed by atoms with E-state index >= 15 is 0 Å². The van der Waals surface area contributed by atoms with Gasteiger partial charge in [-0.25, -0.2) is 0 Å². The molecular formula is C16H25N3. The summed E-state index contributed by atoms with van der Waals surface area (Å²) in [6.07, 6.45) is 8.99. The third-order valence-electron chi connectivity index (χ3n) is 4.28. The molecule has 19 heavy (non-hydrogen) atoms. The van der Waals surface area contributed by atoms with Crippen LogP contribution in [0.25, 0.3) is 0 Å². The number of hydrogen-bond acceptors (Lipinski definition) is 3. The zero-order valence-corrected chi connectivity index (χ0v) is 11.9. The molecule has 2 fully saturated rings. The Hall–Kier alpha value is -0.930. The highest BCUT2D eigenvalue weighted by atomic mass is 15.1. The van der Waals surface area contributed by atoms with Crippen LogP contribution in [-0.4, -0.2) is 29.5 Å². The van der Waals surface area contributed by atoms with Crippen molar-refractivity contribution >= 4 is 0 Å². The summed E-state index contributed by atoms with van der Waals surface area (Å²) in [4.78, 5) is 7.00. The lowest BCUT2D eigenvalue weighted by molar-refractivity contribution is 0.199. The lowest BCUT2D eigenvalue weighted by atomic mass is 9.85. The molecule has 0 aromatic carbocycles. The van der Waals surface area contributed by atoms with Gasteiger partial charge < -0.3 is 10.2 Å². The van der Waals surface area contributed by atoms with Crippen LogP contribution >= 0.6 is 0 Å². The fourth-order valence-electron chi connectivity index (χ4n) is 2.66. The van der Waals surface area contributed by atoms with Crippen molar-refractivity contribution in [3.8, 4) is 0 Å². The van der Waals surface area contributed by atoms with E-state index in [0.29, 0.717) is 0 Å². The SMILES string of the molecule is CN(Cc1ccc(CNC2CC2)cn1)CC1CCC1. The molecule has 0 aliphatic heterocycles. The van der Waals surface area contributed by atoms with E-state index in [0.717, 1.165) is 25.0 Å². The Morgan fingerprint density at radius 3 is 2.68 bits per heavy atom. The molecule has 1 aromatic heterocycles. The monoisotopic (exact) mass is 259 g/mol. The molecule has 3 nitrogen and oxygen atoms in total. The summed E-state index contributed by atoms with van der Waals surface area (Å²) in [5, 5.41) is 3.52. The maximum atomic E-state index is 4.59. The van der Waals surface area contributed by atoms with Gasteiger partial charge in [-0.3, -0.25) is 4.98 Å². The van der Waals surface area contributed by atoms with Crippen LogP contribution in [0.15, 0.2) is 18.3 Å². The topological polar surface area (TPSA) is 28.2 Å². The Morgan fingerprint density at radius 2 is 2.11 bits per heavy atom. The summed E-state index contributed by atoms with van der Waals surface area (Å²) in [5.74, 6) is 0.937. The summed E-state index contributed by atoms with van der Waals surface area (Å²) in [6.45, 7) is 3.18. The highest BCUT2D eigenvalue weighted by Gasteiger charge is 2.20. The van der Waals surface area contributed by atoms with E-state index in [1.165, 1.54) is 49.9 Å². The lowest BCUT2D eigenvalue weighted by Crippen LogP contribution is -2.29. The van der Waals surface area contributed by atoms with E-state index in [2.05, 4.69) is 34.4 Å². The van der Waals surface area contributed by atoms with Crippen LogP contribution in [0.3, 0.4) is 0 Å². The smallest absolute Gasteiger partial charge is 0.0544 e. The Labute approximate surface area is 116 Å². The number of nitrogens with zero attached hydrogens (tertiary/aromatic N) is 2. The molecule has 0 spiro atoms. The molecule has 3 rings (SSSR count). The first-order chi connectivity index (χ1) is 9.29. The van der Waals surface area contributed by atoms with Crippen LogP contribution < -0.4 is 5.32 Å². The quantitative estimate of drug-likeness (QED) is 0.815. The van der Waals surface area contributed by atoms with Gasteiger partial charge in [0.25, 0.3) is 0 Å². The second kappa shape index (κ2) is 6.02. The van der Waals surface area contributed by atoms with Crippen LogP contribution in [0.2, 0.25) is 0 Å². The van der Waals surface area contributed by atoms with Crippen molar-refractivity contribution in [3.63, 3.8) is 0 Å². The number of nitrogens with one attached hydrogen (secondary N) is 1. The summed E-state index contributed by atoms with van der Waals surface area (Å²) >= 11 is 0. The van der Waals surface area contributed by atoms with Gasteiger partial charge in [0, 0.05) is 31.9 Å². The van der Waals surface area contributed by atoms with Crippen LogP contribution in [0, 0.1) is 5.92 Å². The third kappa shape index (κ3) is 4.02. The van der Waals surface area contributed by atoms with Gasteiger partial charge in [-0.05, 0) is 50.3 Å². The minimum Gasteiger partial charge on any atom is -0.310 e. The highest BCUT2D eigenvalue weighted by molar-refractivity contribution is 5.14. The van der Waals surface area contributed by atoms with E-state index in [1.54, 1.807) is 0 Å². The summed E-state index contributed by atoms with van der Waals surface area (Å²) in [6, 6.07) is 5.17. The number of hydrogen-bond donors (Lipinski definition) is 1. The minimum atomic E-state index is 0.772. The predicted octanol–water partition coefficient (Wildman–Crippen LogP) is 2.57. The molecule has 0 saturated heterocycles. The van der Waals surface area contributed by atoms with Crippen molar-refractivity contribution in [2.75, 3.05) is 13.6 Å². The summed E-state index contributed by atoms with van der Waals surface area (Å²) < 4.78 is 0. The van der Waals surface area contributed by atoms with E-state index in [4.69, 9.17) is 0 Å². The Balaban J connectivity index is 1.44. The molecule has 2 aliphatic rings. The zero-order valence-electron chi connectivity index (χ0n) is 11.9. The van der Waals surface area contributed by atoms with Crippen molar-refractivity contribution in [2.24, 2.45) is 5.92 Å². The normalized spacial score (nSPS) is 19.7. The Bertz CT molecular complexity index is 393.